The van der Waals surface area contributed by atoms with Crippen molar-refractivity contribution in [3.05, 3.63) is 48.3 Å². The molecule has 6 nitrogen and oxygen atoms in total. The highest BCUT2D eigenvalue weighted by molar-refractivity contribution is 5.79. The third-order valence-electron chi connectivity index (χ3n) is 5.77. The maximum absolute atomic E-state index is 12.9. The molecule has 1 aromatic heterocycles. The molecule has 2 aliphatic rings. The molecule has 0 unspecified atom stereocenters. The summed E-state index contributed by atoms with van der Waals surface area (Å²) in [7, 11) is 0. The SMILES string of the molecule is N[C@@H]1CN(C(=O)C2CCC(c3ccccc3)CC2)C[C@@H]1n1ccnn1. The van der Waals surface area contributed by atoms with Crippen molar-refractivity contribution in [1.82, 2.24) is 19.9 Å². The minimum Gasteiger partial charge on any atom is -0.339 e. The topological polar surface area (TPSA) is 77.0 Å². The minimum atomic E-state index is -0.0775. The standard InChI is InChI=1S/C19H25N5O/c20-17-12-23(13-18(17)24-11-10-21-22-24)19(25)16-8-6-15(7-9-16)14-4-2-1-3-5-14/h1-5,10-11,15-18H,6-9,12-13,20H2/t15?,16?,17-,18+/m1/s1. The van der Waals surface area contributed by atoms with E-state index < -0.39 is 0 Å². The quantitative estimate of drug-likeness (QED) is 0.927. The highest BCUT2D eigenvalue weighted by Gasteiger charge is 2.38. The molecule has 1 saturated carbocycles. The van der Waals surface area contributed by atoms with Gasteiger partial charge in [0.05, 0.1) is 12.2 Å². The van der Waals surface area contributed by atoms with E-state index in [4.69, 9.17) is 5.73 Å². The smallest absolute Gasteiger partial charge is 0.225 e. The van der Waals surface area contributed by atoms with E-state index in [1.165, 1.54) is 5.56 Å². The summed E-state index contributed by atoms with van der Waals surface area (Å²) in [5, 5.41) is 7.90. The van der Waals surface area contributed by atoms with Gasteiger partial charge in [0, 0.05) is 31.2 Å². The Bertz CT molecular complexity index is 694. The molecule has 1 saturated heterocycles. The van der Waals surface area contributed by atoms with Crippen molar-refractivity contribution < 1.29 is 4.79 Å². The number of nitrogens with zero attached hydrogens (tertiary/aromatic N) is 4. The Morgan fingerprint density at radius 1 is 1.08 bits per heavy atom. The molecule has 1 aliphatic heterocycles. The van der Waals surface area contributed by atoms with Crippen LogP contribution in [0, 0.1) is 5.92 Å². The first-order valence-electron chi connectivity index (χ1n) is 9.17. The zero-order chi connectivity index (χ0) is 17.2. The molecular weight excluding hydrogens is 314 g/mol. The molecule has 2 fully saturated rings. The molecule has 132 valence electrons. The first-order chi connectivity index (χ1) is 12.2. The highest BCUT2D eigenvalue weighted by atomic mass is 16.2. The predicted octanol–water partition coefficient (Wildman–Crippen LogP) is 1.96. The van der Waals surface area contributed by atoms with Gasteiger partial charge in [-0.2, -0.15) is 0 Å². The van der Waals surface area contributed by atoms with E-state index in [9.17, 15) is 4.79 Å². The number of carbonyl (C=O) groups is 1. The van der Waals surface area contributed by atoms with Gasteiger partial charge in [0.1, 0.15) is 0 Å². The van der Waals surface area contributed by atoms with Crippen LogP contribution in [0.4, 0.5) is 0 Å². The molecule has 4 rings (SSSR count). The first-order valence-corrected chi connectivity index (χ1v) is 9.17. The van der Waals surface area contributed by atoms with Crippen LogP contribution in [-0.4, -0.2) is 44.9 Å². The van der Waals surface area contributed by atoms with E-state index in [0.717, 1.165) is 25.7 Å². The second kappa shape index (κ2) is 6.96. The number of aromatic nitrogens is 3. The van der Waals surface area contributed by atoms with Crippen LogP contribution in [0.1, 0.15) is 43.2 Å². The van der Waals surface area contributed by atoms with E-state index in [-0.39, 0.29) is 23.9 Å². The second-order valence-corrected chi connectivity index (χ2v) is 7.32. The van der Waals surface area contributed by atoms with E-state index in [0.29, 0.717) is 19.0 Å². The number of rotatable bonds is 3. The Kier molecular flexibility index (Phi) is 4.53. The van der Waals surface area contributed by atoms with Crippen LogP contribution in [0.25, 0.3) is 0 Å². The number of amides is 1. The van der Waals surface area contributed by atoms with Crippen molar-refractivity contribution in [2.24, 2.45) is 11.7 Å². The summed E-state index contributed by atoms with van der Waals surface area (Å²) in [6, 6.07) is 10.6. The zero-order valence-corrected chi connectivity index (χ0v) is 14.4. The summed E-state index contributed by atoms with van der Waals surface area (Å²) >= 11 is 0. The Balaban J connectivity index is 1.35. The fourth-order valence-corrected chi connectivity index (χ4v) is 4.32. The van der Waals surface area contributed by atoms with Crippen LogP contribution in [0.5, 0.6) is 0 Å². The Hall–Kier alpha value is -2.21. The van der Waals surface area contributed by atoms with Crippen LogP contribution >= 0.6 is 0 Å². The Morgan fingerprint density at radius 2 is 1.84 bits per heavy atom. The van der Waals surface area contributed by atoms with Crippen LogP contribution in [0.3, 0.4) is 0 Å². The molecule has 1 aromatic carbocycles. The average Bonchev–Trinajstić information content (AvgIpc) is 3.31. The van der Waals surface area contributed by atoms with Crippen LogP contribution in [0.15, 0.2) is 42.7 Å². The van der Waals surface area contributed by atoms with Crippen molar-refractivity contribution in [2.75, 3.05) is 13.1 Å². The molecule has 1 aliphatic carbocycles. The van der Waals surface area contributed by atoms with E-state index >= 15 is 0 Å². The second-order valence-electron chi connectivity index (χ2n) is 7.32. The fourth-order valence-electron chi connectivity index (χ4n) is 4.32. The van der Waals surface area contributed by atoms with Gasteiger partial charge in [-0.05, 0) is 37.2 Å². The molecular formula is C19H25N5O. The van der Waals surface area contributed by atoms with Gasteiger partial charge in [0.15, 0.2) is 0 Å². The summed E-state index contributed by atoms with van der Waals surface area (Å²) in [6.45, 7) is 1.25. The summed E-state index contributed by atoms with van der Waals surface area (Å²) < 4.78 is 1.78. The van der Waals surface area contributed by atoms with Crippen molar-refractivity contribution in [3.8, 4) is 0 Å². The lowest BCUT2D eigenvalue weighted by Gasteiger charge is -2.30. The molecule has 0 radical (unpaired) electrons. The molecule has 1 amide bonds. The largest absolute Gasteiger partial charge is 0.339 e. The number of hydrogen-bond donors (Lipinski definition) is 1. The zero-order valence-electron chi connectivity index (χ0n) is 14.4. The molecule has 2 aromatic rings. The lowest BCUT2D eigenvalue weighted by molar-refractivity contribution is -0.135. The number of nitrogens with two attached hydrogens (primary N) is 1. The molecule has 0 bridgehead atoms. The highest BCUT2D eigenvalue weighted by Crippen LogP contribution is 2.37. The van der Waals surface area contributed by atoms with Gasteiger partial charge >= 0.3 is 0 Å². The number of likely N-dealkylation sites (tertiary alicyclic amines) is 1. The third kappa shape index (κ3) is 3.31. The van der Waals surface area contributed by atoms with Crippen molar-refractivity contribution in [2.45, 2.75) is 43.7 Å². The molecule has 25 heavy (non-hydrogen) atoms. The summed E-state index contributed by atoms with van der Waals surface area (Å²) in [5.74, 6) is 1.00. The van der Waals surface area contributed by atoms with E-state index in [2.05, 4.69) is 40.6 Å². The maximum Gasteiger partial charge on any atom is 0.225 e. The van der Waals surface area contributed by atoms with Crippen molar-refractivity contribution >= 4 is 5.91 Å². The van der Waals surface area contributed by atoms with Gasteiger partial charge in [0.25, 0.3) is 0 Å². The monoisotopic (exact) mass is 339 g/mol. The van der Waals surface area contributed by atoms with Gasteiger partial charge < -0.3 is 10.6 Å². The minimum absolute atomic E-state index is 0.0344. The van der Waals surface area contributed by atoms with Crippen LogP contribution in [0.2, 0.25) is 0 Å². The van der Waals surface area contributed by atoms with Crippen molar-refractivity contribution in [1.29, 1.82) is 0 Å². The third-order valence-corrected chi connectivity index (χ3v) is 5.77. The molecule has 2 N–H and O–H groups in total. The average molecular weight is 339 g/mol. The number of carbonyl (C=O) groups excluding carboxylic acids is 1. The predicted molar refractivity (Wildman–Crippen MR) is 94.8 cm³/mol. The van der Waals surface area contributed by atoms with Gasteiger partial charge in [-0.3, -0.25) is 4.79 Å². The van der Waals surface area contributed by atoms with Crippen LogP contribution < -0.4 is 5.73 Å². The van der Waals surface area contributed by atoms with Crippen LogP contribution in [-0.2, 0) is 4.79 Å². The lowest BCUT2D eigenvalue weighted by atomic mass is 9.78. The van der Waals surface area contributed by atoms with Gasteiger partial charge in [-0.1, -0.05) is 35.5 Å². The molecule has 0 spiro atoms. The maximum atomic E-state index is 12.9. The summed E-state index contributed by atoms with van der Waals surface area (Å²) in [5.41, 5.74) is 7.65. The lowest BCUT2D eigenvalue weighted by Crippen LogP contribution is -2.37. The summed E-state index contributed by atoms with van der Waals surface area (Å²) in [6.07, 6.45) is 7.60. The number of benzene rings is 1. The Labute approximate surface area is 148 Å². The van der Waals surface area contributed by atoms with Gasteiger partial charge in [0.2, 0.25) is 5.91 Å². The summed E-state index contributed by atoms with van der Waals surface area (Å²) in [4.78, 5) is 14.9. The first kappa shape index (κ1) is 16.3. The normalized spacial score (nSPS) is 29.7. The fraction of sp³-hybridized carbons (Fsp3) is 0.526. The van der Waals surface area contributed by atoms with Crippen molar-refractivity contribution in [3.63, 3.8) is 0 Å². The molecule has 6 heteroatoms. The number of hydrogen-bond acceptors (Lipinski definition) is 4. The van der Waals surface area contributed by atoms with Gasteiger partial charge in [-0.15, -0.1) is 5.10 Å². The Morgan fingerprint density at radius 3 is 2.52 bits per heavy atom. The van der Waals surface area contributed by atoms with E-state index in [1.807, 2.05) is 11.1 Å². The molecule has 2 atom stereocenters. The van der Waals surface area contributed by atoms with Gasteiger partial charge in [-0.25, -0.2) is 4.68 Å². The van der Waals surface area contributed by atoms with E-state index in [1.54, 1.807) is 10.9 Å². The molecule has 2 heterocycles.